The Bertz CT molecular complexity index is 1470. The molecule has 3 aromatic rings. The number of carbonyl (C=O) groups excluding carboxylic acids is 2. The molecule has 0 aromatic heterocycles. The number of anilines is 1. The number of sulfonamides is 1. The summed E-state index contributed by atoms with van der Waals surface area (Å²) < 4.78 is 34.7. The van der Waals surface area contributed by atoms with Crippen molar-refractivity contribution in [3.63, 3.8) is 0 Å². The van der Waals surface area contributed by atoms with E-state index in [9.17, 15) is 18.0 Å². The molecule has 3 rings (SSSR count). The number of carbonyl (C=O) groups is 2. The van der Waals surface area contributed by atoms with E-state index < -0.39 is 34.1 Å². The predicted octanol–water partition coefficient (Wildman–Crippen LogP) is 5.62. The minimum atomic E-state index is -4.25. The fraction of sp³-hybridized carbons (Fsp3) is 0.375. The van der Waals surface area contributed by atoms with Gasteiger partial charge in [-0.05, 0) is 76.4 Å². The van der Waals surface area contributed by atoms with Crippen molar-refractivity contribution in [2.24, 2.45) is 0 Å². The van der Waals surface area contributed by atoms with Crippen LogP contribution in [0.1, 0.15) is 45.2 Å². The Morgan fingerprint density at radius 1 is 1.00 bits per heavy atom. The van der Waals surface area contributed by atoms with Gasteiger partial charge in [0, 0.05) is 17.1 Å². The minimum absolute atomic E-state index is 0.0104. The lowest BCUT2D eigenvalue weighted by Gasteiger charge is -2.35. The van der Waals surface area contributed by atoms with Gasteiger partial charge in [-0.15, -0.1) is 0 Å². The van der Waals surface area contributed by atoms with Gasteiger partial charge in [0.05, 0.1) is 17.7 Å². The SMILES string of the molecule is CC[C@@H](C(=O)NC(C)(C)C)N(CCc1ccccc1)C(=O)CN(c1cc(Cl)ccc1OC)S(=O)(=O)c1ccc(C)cc1. The first kappa shape index (κ1) is 32.9. The number of aryl methyl sites for hydroxylation is 1. The smallest absolute Gasteiger partial charge is 0.264 e. The standard InChI is InChI=1S/C32H40ClN3O5S/c1-7-27(31(38)34-32(3,4)5)35(20-19-24-11-9-8-10-12-24)30(37)22-36(28-21-25(33)15-18-29(28)41-6)42(39,40)26-16-13-23(2)14-17-26/h8-18,21,27H,7,19-20,22H2,1-6H3,(H,34,38)/t27-/m0/s1. The molecule has 3 aromatic carbocycles. The highest BCUT2D eigenvalue weighted by atomic mass is 35.5. The third kappa shape index (κ3) is 8.49. The summed E-state index contributed by atoms with van der Waals surface area (Å²) in [6, 6.07) is 19.8. The molecule has 0 radical (unpaired) electrons. The number of ether oxygens (including phenoxy) is 1. The van der Waals surface area contributed by atoms with Gasteiger partial charge in [-0.1, -0.05) is 66.6 Å². The highest BCUT2D eigenvalue weighted by molar-refractivity contribution is 7.92. The van der Waals surface area contributed by atoms with E-state index in [-0.39, 0.29) is 33.8 Å². The molecule has 2 amide bonds. The van der Waals surface area contributed by atoms with Crippen molar-refractivity contribution in [1.82, 2.24) is 10.2 Å². The van der Waals surface area contributed by atoms with Gasteiger partial charge in [0.15, 0.2) is 0 Å². The zero-order valence-electron chi connectivity index (χ0n) is 25.1. The van der Waals surface area contributed by atoms with Crippen LogP contribution >= 0.6 is 11.6 Å². The van der Waals surface area contributed by atoms with Crippen LogP contribution in [0.25, 0.3) is 0 Å². The molecule has 0 saturated carbocycles. The van der Waals surface area contributed by atoms with Crippen LogP contribution in [0.3, 0.4) is 0 Å². The quantitative estimate of drug-likeness (QED) is 0.286. The average Bonchev–Trinajstić information content (AvgIpc) is 2.93. The van der Waals surface area contributed by atoms with Gasteiger partial charge in [-0.2, -0.15) is 0 Å². The summed E-state index contributed by atoms with van der Waals surface area (Å²) in [5.41, 5.74) is 1.48. The Labute approximate surface area is 254 Å². The van der Waals surface area contributed by atoms with Crippen molar-refractivity contribution in [3.05, 3.63) is 88.9 Å². The third-order valence-electron chi connectivity index (χ3n) is 6.67. The maximum Gasteiger partial charge on any atom is 0.264 e. The van der Waals surface area contributed by atoms with Crippen molar-refractivity contribution in [2.45, 2.75) is 63.9 Å². The van der Waals surface area contributed by atoms with Crippen molar-refractivity contribution in [2.75, 3.05) is 24.5 Å². The van der Waals surface area contributed by atoms with Gasteiger partial charge >= 0.3 is 0 Å². The van der Waals surface area contributed by atoms with Crippen molar-refractivity contribution >= 4 is 39.1 Å². The molecule has 0 bridgehead atoms. The Morgan fingerprint density at radius 2 is 1.64 bits per heavy atom. The van der Waals surface area contributed by atoms with E-state index in [2.05, 4.69) is 5.32 Å². The molecule has 0 heterocycles. The van der Waals surface area contributed by atoms with Crippen molar-refractivity contribution in [1.29, 1.82) is 0 Å². The molecule has 0 aliphatic rings. The molecule has 10 heteroatoms. The first-order valence-corrected chi connectivity index (χ1v) is 15.7. The molecule has 8 nitrogen and oxygen atoms in total. The van der Waals surface area contributed by atoms with Crippen molar-refractivity contribution in [3.8, 4) is 5.75 Å². The van der Waals surface area contributed by atoms with Crippen LogP contribution in [0.2, 0.25) is 5.02 Å². The van der Waals surface area contributed by atoms with Gasteiger partial charge in [-0.25, -0.2) is 8.42 Å². The lowest BCUT2D eigenvalue weighted by molar-refractivity contribution is -0.140. The number of hydrogen-bond donors (Lipinski definition) is 1. The summed E-state index contributed by atoms with van der Waals surface area (Å²) in [5.74, 6) is -0.601. The number of benzene rings is 3. The summed E-state index contributed by atoms with van der Waals surface area (Å²) in [5, 5.41) is 3.25. The van der Waals surface area contributed by atoms with E-state index in [0.717, 1.165) is 15.4 Å². The fourth-order valence-electron chi connectivity index (χ4n) is 4.56. The van der Waals surface area contributed by atoms with Crippen LogP contribution in [-0.4, -0.2) is 56.9 Å². The van der Waals surface area contributed by atoms with Gasteiger partial charge < -0.3 is 15.0 Å². The second-order valence-electron chi connectivity index (χ2n) is 11.1. The topological polar surface area (TPSA) is 96.0 Å². The number of nitrogens with zero attached hydrogens (tertiary/aromatic N) is 2. The Kier molecular flexibility index (Phi) is 11.0. The van der Waals surface area contributed by atoms with Gasteiger partial charge in [0.25, 0.3) is 10.0 Å². The molecular formula is C32H40ClN3O5S. The number of halogens is 1. The molecule has 42 heavy (non-hydrogen) atoms. The van der Waals surface area contributed by atoms with Crippen LogP contribution < -0.4 is 14.4 Å². The molecule has 1 atom stereocenters. The van der Waals surface area contributed by atoms with Crippen LogP contribution in [0.5, 0.6) is 5.75 Å². The summed E-state index contributed by atoms with van der Waals surface area (Å²) in [4.78, 5) is 29.1. The normalized spacial score (nSPS) is 12.4. The highest BCUT2D eigenvalue weighted by Crippen LogP contribution is 2.35. The van der Waals surface area contributed by atoms with Crippen molar-refractivity contribution < 1.29 is 22.7 Å². The lowest BCUT2D eigenvalue weighted by Crippen LogP contribution is -2.56. The molecule has 0 aliphatic heterocycles. The molecule has 0 spiro atoms. The molecular weight excluding hydrogens is 574 g/mol. The van der Waals surface area contributed by atoms with Crippen LogP contribution in [0, 0.1) is 6.92 Å². The van der Waals surface area contributed by atoms with E-state index in [1.54, 1.807) is 24.3 Å². The summed E-state index contributed by atoms with van der Waals surface area (Å²) >= 11 is 6.30. The number of hydrogen-bond acceptors (Lipinski definition) is 5. The second kappa shape index (κ2) is 14.1. The number of methoxy groups -OCH3 is 1. The van der Waals surface area contributed by atoms with Gasteiger partial charge in [0.2, 0.25) is 11.8 Å². The maximum atomic E-state index is 14.2. The summed E-state index contributed by atoms with van der Waals surface area (Å²) in [6.07, 6.45) is 0.824. The predicted molar refractivity (Wildman–Crippen MR) is 168 cm³/mol. The molecule has 0 unspecified atom stereocenters. The zero-order valence-corrected chi connectivity index (χ0v) is 26.6. The molecule has 1 N–H and O–H groups in total. The first-order chi connectivity index (χ1) is 19.8. The summed E-state index contributed by atoms with van der Waals surface area (Å²) in [6.45, 7) is 8.94. The molecule has 0 saturated heterocycles. The number of amides is 2. The number of rotatable bonds is 12. The minimum Gasteiger partial charge on any atom is -0.495 e. The second-order valence-corrected chi connectivity index (χ2v) is 13.4. The van der Waals surface area contributed by atoms with Crippen LogP contribution in [0.4, 0.5) is 5.69 Å². The van der Waals surface area contributed by atoms with E-state index in [0.29, 0.717) is 12.8 Å². The monoisotopic (exact) mass is 613 g/mol. The van der Waals surface area contributed by atoms with Gasteiger partial charge in [-0.3, -0.25) is 13.9 Å². The third-order valence-corrected chi connectivity index (χ3v) is 8.67. The summed E-state index contributed by atoms with van der Waals surface area (Å²) in [7, 11) is -2.83. The van der Waals surface area contributed by atoms with E-state index >= 15 is 0 Å². The van der Waals surface area contributed by atoms with Crippen LogP contribution in [0.15, 0.2) is 77.7 Å². The first-order valence-electron chi connectivity index (χ1n) is 13.8. The highest BCUT2D eigenvalue weighted by Gasteiger charge is 2.35. The lowest BCUT2D eigenvalue weighted by atomic mass is 10.1. The molecule has 0 fully saturated rings. The van der Waals surface area contributed by atoms with E-state index in [1.807, 2.05) is 65.0 Å². The zero-order chi connectivity index (χ0) is 31.1. The Hall–Kier alpha value is -3.56. The maximum absolute atomic E-state index is 14.2. The fourth-order valence-corrected chi connectivity index (χ4v) is 6.14. The Balaban J connectivity index is 2.09. The number of nitrogens with one attached hydrogen (secondary N) is 1. The average molecular weight is 614 g/mol. The van der Waals surface area contributed by atoms with Crippen LogP contribution in [-0.2, 0) is 26.0 Å². The van der Waals surface area contributed by atoms with E-state index in [1.165, 1.54) is 30.2 Å². The van der Waals surface area contributed by atoms with Gasteiger partial charge in [0.1, 0.15) is 18.3 Å². The molecule has 226 valence electrons. The largest absolute Gasteiger partial charge is 0.495 e. The molecule has 0 aliphatic carbocycles. The van der Waals surface area contributed by atoms with E-state index in [4.69, 9.17) is 16.3 Å². The Morgan fingerprint density at radius 3 is 2.21 bits per heavy atom.